The highest BCUT2D eigenvalue weighted by Crippen LogP contribution is 2.14. The van der Waals surface area contributed by atoms with Crippen LogP contribution in [-0.4, -0.2) is 23.8 Å². The monoisotopic (exact) mass is 384 g/mol. The molecule has 0 aromatic rings. The van der Waals surface area contributed by atoms with Gasteiger partial charge in [-0.3, -0.25) is 4.79 Å². The van der Waals surface area contributed by atoms with Crippen LogP contribution in [0.4, 0.5) is 0 Å². The minimum absolute atomic E-state index is 0.147. The molecule has 1 unspecified atom stereocenters. The standard InChI is InChI=1S/C24H48O3/c1-3-5-6-7-8-9-10-11-12-13-14-15-16-17-18-19-20-21-24(26)27-22-23(25)4-2/h23,25H,3-22H2,1-2H3. The molecule has 162 valence electrons. The van der Waals surface area contributed by atoms with E-state index in [2.05, 4.69) is 6.92 Å². The van der Waals surface area contributed by atoms with E-state index < -0.39 is 6.10 Å². The lowest BCUT2D eigenvalue weighted by Crippen LogP contribution is -2.17. The van der Waals surface area contributed by atoms with Crippen molar-refractivity contribution < 1.29 is 14.6 Å². The molecule has 0 amide bonds. The number of carbonyl (C=O) groups excluding carboxylic acids is 1. The molecule has 1 atom stereocenters. The molecule has 1 N–H and O–H groups in total. The van der Waals surface area contributed by atoms with Crippen molar-refractivity contribution in [1.29, 1.82) is 0 Å². The molecule has 0 heterocycles. The fraction of sp³-hybridized carbons (Fsp3) is 0.958. The Morgan fingerprint density at radius 3 is 1.41 bits per heavy atom. The summed E-state index contributed by atoms with van der Waals surface area (Å²) < 4.78 is 5.03. The number of hydrogen-bond acceptors (Lipinski definition) is 3. The van der Waals surface area contributed by atoms with Crippen LogP contribution >= 0.6 is 0 Å². The molecule has 0 aliphatic heterocycles. The Morgan fingerprint density at radius 1 is 0.667 bits per heavy atom. The van der Waals surface area contributed by atoms with E-state index in [0.29, 0.717) is 12.8 Å². The summed E-state index contributed by atoms with van der Waals surface area (Å²) in [5, 5.41) is 9.35. The van der Waals surface area contributed by atoms with Crippen molar-refractivity contribution in [3.8, 4) is 0 Å². The van der Waals surface area contributed by atoms with Crippen molar-refractivity contribution >= 4 is 5.97 Å². The van der Waals surface area contributed by atoms with Gasteiger partial charge in [0.2, 0.25) is 0 Å². The van der Waals surface area contributed by atoms with Gasteiger partial charge in [0, 0.05) is 6.42 Å². The van der Waals surface area contributed by atoms with E-state index in [1.807, 2.05) is 6.92 Å². The van der Waals surface area contributed by atoms with E-state index in [0.717, 1.165) is 12.8 Å². The van der Waals surface area contributed by atoms with Gasteiger partial charge in [0.1, 0.15) is 6.61 Å². The lowest BCUT2D eigenvalue weighted by Gasteiger charge is -2.08. The second-order valence-electron chi connectivity index (χ2n) is 8.15. The van der Waals surface area contributed by atoms with Crippen LogP contribution in [0.25, 0.3) is 0 Å². The summed E-state index contributed by atoms with van der Waals surface area (Å²) in [7, 11) is 0. The van der Waals surface area contributed by atoms with E-state index >= 15 is 0 Å². The highest BCUT2D eigenvalue weighted by molar-refractivity contribution is 5.69. The number of aliphatic hydroxyl groups excluding tert-OH is 1. The van der Waals surface area contributed by atoms with E-state index in [1.54, 1.807) is 0 Å². The average molecular weight is 385 g/mol. The summed E-state index contributed by atoms with van der Waals surface area (Å²) in [6.07, 6.45) is 23.5. The number of esters is 1. The van der Waals surface area contributed by atoms with Gasteiger partial charge in [-0.25, -0.2) is 0 Å². The van der Waals surface area contributed by atoms with Gasteiger partial charge in [0.15, 0.2) is 0 Å². The molecule has 0 aliphatic rings. The summed E-state index contributed by atoms with van der Waals surface area (Å²) in [5.74, 6) is -0.163. The smallest absolute Gasteiger partial charge is 0.305 e. The molecule has 0 rings (SSSR count). The van der Waals surface area contributed by atoms with Crippen molar-refractivity contribution in [3.63, 3.8) is 0 Å². The van der Waals surface area contributed by atoms with Crippen LogP contribution in [0.1, 0.15) is 136 Å². The first-order valence-electron chi connectivity index (χ1n) is 12.0. The Hall–Kier alpha value is -0.570. The number of carbonyl (C=O) groups is 1. The number of hydrogen-bond donors (Lipinski definition) is 1. The van der Waals surface area contributed by atoms with Crippen LogP contribution in [0.2, 0.25) is 0 Å². The molecule has 0 radical (unpaired) electrons. The molecule has 0 fully saturated rings. The second-order valence-corrected chi connectivity index (χ2v) is 8.15. The summed E-state index contributed by atoms with van der Waals surface area (Å²) in [4.78, 5) is 11.5. The molecule has 3 nitrogen and oxygen atoms in total. The molecule has 0 aromatic heterocycles. The van der Waals surface area contributed by atoms with Gasteiger partial charge >= 0.3 is 5.97 Å². The third kappa shape index (κ3) is 21.6. The lowest BCUT2D eigenvalue weighted by atomic mass is 10.0. The zero-order valence-electron chi connectivity index (χ0n) is 18.5. The van der Waals surface area contributed by atoms with Crippen LogP contribution in [0.3, 0.4) is 0 Å². The average Bonchev–Trinajstić information content (AvgIpc) is 2.68. The Kier molecular flexibility index (Phi) is 21.3. The molecule has 0 bridgehead atoms. The zero-order chi connectivity index (χ0) is 20.0. The number of rotatable bonds is 21. The fourth-order valence-electron chi connectivity index (χ4n) is 3.37. The van der Waals surface area contributed by atoms with Gasteiger partial charge < -0.3 is 9.84 Å². The Balaban J connectivity index is 3.11. The van der Waals surface area contributed by atoms with Gasteiger partial charge in [-0.15, -0.1) is 0 Å². The van der Waals surface area contributed by atoms with Gasteiger partial charge in [-0.2, -0.15) is 0 Å². The molecule has 0 saturated heterocycles. The number of aliphatic hydroxyl groups is 1. The van der Waals surface area contributed by atoms with Gasteiger partial charge in [0.25, 0.3) is 0 Å². The largest absolute Gasteiger partial charge is 0.463 e. The van der Waals surface area contributed by atoms with E-state index in [1.165, 1.54) is 96.3 Å². The van der Waals surface area contributed by atoms with Crippen LogP contribution in [-0.2, 0) is 9.53 Å². The number of unbranched alkanes of at least 4 members (excludes halogenated alkanes) is 16. The first kappa shape index (κ1) is 26.4. The first-order chi connectivity index (χ1) is 13.2. The minimum atomic E-state index is -0.510. The first-order valence-corrected chi connectivity index (χ1v) is 12.0. The van der Waals surface area contributed by atoms with Crippen LogP contribution in [0.15, 0.2) is 0 Å². The molecule has 27 heavy (non-hydrogen) atoms. The topological polar surface area (TPSA) is 46.5 Å². The third-order valence-corrected chi connectivity index (χ3v) is 5.39. The van der Waals surface area contributed by atoms with Crippen LogP contribution in [0.5, 0.6) is 0 Å². The molecular formula is C24H48O3. The summed E-state index contributed by atoms with van der Waals surface area (Å²) >= 11 is 0. The lowest BCUT2D eigenvalue weighted by molar-refractivity contribution is -0.146. The molecule has 0 saturated carbocycles. The Labute approximate surface area is 169 Å². The van der Waals surface area contributed by atoms with E-state index in [4.69, 9.17) is 4.74 Å². The Bertz CT molecular complexity index is 304. The maximum atomic E-state index is 11.5. The van der Waals surface area contributed by atoms with Gasteiger partial charge in [-0.1, -0.05) is 117 Å². The minimum Gasteiger partial charge on any atom is -0.463 e. The summed E-state index contributed by atoms with van der Waals surface area (Å²) in [5.41, 5.74) is 0. The van der Waals surface area contributed by atoms with Gasteiger partial charge in [-0.05, 0) is 12.8 Å². The maximum absolute atomic E-state index is 11.5. The predicted octanol–water partition coefficient (Wildman–Crippen LogP) is 7.34. The van der Waals surface area contributed by atoms with Crippen LogP contribution < -0.4 is 0 Å². The quantitative estimate of drug-likeness (QED) is 0.166. The van der Waals surface area contributed by atoms with Crippen molar-refractivity contribution in [2.45, 2.75) is 142 Å². The van der Waals surface area contributed by atoms with E-state index in [9.17, 15) is 9.90 Å². The van der Waals surface area contributed by atoms with Gasteiger partial charge in [0.05, 0.1) is 6.10 Å². The molecule has 0 spiro atoms. The predicted molar refractivity (Wildman–Crippen MR) is 116 cm³/mol. The fourth-order valence-corrected chi connectivity index (χ4v) is 3.37. The van der Waals surface area contributed by atoms with Crippen molar-refractivity contribution in [2.75, 3.05) is 6.61 Å². The highest BCUT2D eigenvalue weighted by atomic mass is 16.5. The molecule has 0 aliphatic carbocycles. The van der Waals surface area contributed by atoms with Crippen LogP contribution in [0, 0.1) is 0 Å². The summed E-state index contributed by atoms with van der Waals surface area (Å²) in [6.45, 7) is 4.31. The second kappa shape index (κ2) is 21.7. The normalized spacial score (nSPS) is 12.3. The third-order valence-electron chi connectivity index (χ3n) is 5.39. The molecular weight excluding hydrogens is 336 g/mol. The van der Waals surface area contributed by atoms with Crippen molar-refractivity contribution in [1.82, 2.24) is 0 Å². The highest BCUT2D eigenvalue weighted by Gasteiger charge is 2.06. The zero-order valence-corrected chi connectivity index (χ0v) is 18.5. The summed E-state index contributed by atoms with van der Waals surface area (Å²) in [6, 6.07) is 0. The molecule has 0 aromatic carbocycles. The number of ether oxygens (including phenoxy) is 1. The van der Waals surface area contributed by atoms with Crippen molar-refractivity contribution in [3.05, 3.63) is 0 Å². The van der Waals surface area contributed by atoms with E-state index in [-0.39, 0.29) is 12.6 Å². The van der Waals surface area contributed by atoms with Crippen molar-refractivity contribution in [2.24, 2.45) is 0 Å². The molecule has 3 heteroatoms. The SMILES string of the molecule is CCCCCCCCCCCCCCCCCCCC(=O)OCC(O)CC. The maximum Gasteiger partial charge on any atom is 0.305 e. The Morgan fingerprint density at radius 2 is 1.04 bits per heavy atom.